The SMILES string of the molecule is CCCN(CC(C)(C)CN)C(C)c1ccc(O)cc1F. The van der Waals surface area contributed by atoms with Crippen LogP contribution in [0.1, 0.15) is 45.7 Å². The standard InChI is InChI=1S/C16H27FN2O/c1-5-8-19(11-16(3,4)10-18)12(2)14-7-6-13(20)9-15(14)17/h6-7,9,12,20H,5,8,10-11,18H2,1-4H3. The highest BCUT2D eigenvalue weighted by Crippen LogP contribution is 2.28. The van der Waals surface area contributed by atoms with Crippen LogP contribution in [0.4, 0.5) is 4.39 Å². The summed E-state index contributed by atoms with van der Waals surface area (Å²) < 4.78 is 14.0. The minimum absolute atomic E-state index is 0.00315. The molecule has 0 bridgehead atoms. The molecule has 0 amide bonds. The molecule has 0 spiro atoms. The first-order chi connectivity index (χ1) is 9.30. The molecule has 0 fully saturated rings. The highest BCUT2D eigenvalue weighted by molar-refractivity contribution is 5.29. The summed E-state index contributed by atoms with van der Waals surface area (Å²) in [6.45, 7) is 10.7. The molecule has 3 nitrogen and oxygen atoms in total. The van der Waals surface area contributed by atoms with E-state index < -0.39 is 0 Å². The maximum atomic E-state index is 14.0. The number of nitrogens with two attached hydrogens (primary N) is 1. The van der Waals surface area contributed by atoms with Crippen molar-refractivity contribution >= 4 is 0 Å². The van der Waals surface area contributed by atoms with Crippen molar-refractivity contribution in [1.82, 2.24) is 4.90 Å². The second-order valence-corrected chi connectivity index (χ2v) is 6.22. The van der Waals surface area contributed by atoms with Crippen LogP contribution in [0.15, 0.2) is 18.2 Å². The van der Waals surface area contributed by atoms with Crippen LogP contribution in [0.5, 0.6) is 5.75 Å². The van der Waals surface area contributed by atoms with Gasteiger partial charge < -0.3 is 10.8 Å². The molecule has 1 atom stereocenters. The largest absolute Gasteiger partial charge is 0.508 e. The Morgan fingerprint density at radius 2 is 2.05 bits per heavy atom. The normalized spacial score (nSPS) is 13.8. The number of hydrogen-bond acceptors (Lipinski definition) is 3. The molecule has 0 radical (unpaired) electrons. The molecule has 3 N–H and O–H groups in total. The van der Waals surface area contributed by atoms with E-state index in [4.69, 9.17) is 5.73 Å². The number of phenols is 1. The van der Waals surface area contributed by atoms with Gasteiger partial charge in [0.05, 0.1) is 0 Å². The Labute approximate surface area is 121 Å². The van der Waals surface area contributed by atoms with Crippen LogP contribution in [0.25, 0.3) is 0 Å². The van der Waals surface area contributed by atoms with Crippen LogP contribution >= 0.6 is 0 Å². The van der Waals surface area contributed by atoms with E-state index in [9.17, 15) is 9.50 Å². The highest BCUT2D eigenvalue weighted by atomic mass is 19.1. The Kier molecular flexibility index (Phi) is 5.96. The average Bonchev–Trinajstić information content (AvgIpc) is 2.37. The Bertz CT molecular complexity index is 434. The zero-order chi connectivity index (χ0) is 15.3. The second-order valence-electron chi connectivity index (χ2n) is 6.22. The third kappa shape index (κ3) is 4.46. The van der Waals surface area contributed by atoms with Crippen molar-refractivity contribution in [2.45, 2.75) is 40.2 Å². The number of rotatable bonds is 7. The fourth-order valence-electron chi connectivity index (χ4n) is 2.36. The van der Waals surface area contributed by atoms with E-state index in [2.05, 4.69) is 25.7 Å². The maximum absolute atomic E-state index is 14.0. The Morgan fingerprint density at radius 1 is 1.40 bits per heavy atom. The van der Waals surface area contributed by atoms with Gasteiger partial charge in [-0.3, -0.25) is 4.90 Å². The molecule has 0 saturated heterocycles. The lowest BCUT2D eigenvalue weighted by atomic mass is 9.91. The number of halogens is 1. The summed E-state index contributed by atoms with van der Waals surface area (Å²) in [4.78, 5) is 2.25. The number of benzene rings is 1. The van der Waals surface area contributed by atoms with E-state index in [1.165, 1.54) is 12.1 Å². The number of hydrogen-bond donors (Lipinski definition) is 2. The van der Waals surface area contributed by atoms with Crippen LogP contribution in [0, 0.1) is 11.2 Å². The van der Waals surface area contributed by atoms with E-state index in [0.717, 1.165) is 19.5 Å². The van der Waals surface area contributed by atoms with Gasteiger partial charge in [-0.2, -0.15) is 0 Å². The topological polar surface area (TPSA) is 49.5 Å². The summed E-state index contributed by atoms with van der Waals surface area (Å²) in [5.41, 5.74) is 6.42. The lowest BCUT2D eigenvalue weighted by Gasteiger charge is -2.36. The molecule has 0 aliphatic rings. The van der Waals surface area contributed by atoms with Crippen molar-refractivity contribution in [3.8, 4) is 5.75 Å². The van der Waals surface area contributed by atoms with Gasteiger partial charge in [-0.05, 0) is 37.9 Å². The first kappa shape index (κ1) is 16.9. The lowest BCUT2D eigenvalue weighted by Crippen LogP contribution is -2.40. The molecule has 0 saturated carbocycles. The molecular formula is C16H27FN2O. The van der Waals surface area contributed by atoms with E-state index >= 15 is 0 Å². The number of aromatic hydroxyl groups is 1. The molecule has 4 heteroatoms. The van der Waals surface area contributed by atoms with E-state index in [-0.39, 0.29) is 23.0 Å². The van der Waals surface area contributed by atoms with Crippen molar-refractivity contribution in [2.75, 3.05) is 19.6 Å². The predicted octanol–water partition coefficient (Wildman–Crippen LogP) is 3.29. The van der Waals surface area contributed by atoms with Crippen LogP contribution in [-0.2, 0) is 0 Å². The monoisotopic (exact) mass is 282 g/mol. The van der Waals surface area contributed by atoms with Crippen LogP contribution in [0.2, 0.25) is 0 Å². The predicted molar refractivity (Wildman–Crippen MR) is 81.2 cm³/mol. The van der Waals surface area contributed by atoms with Gasteiger partial charge >= 0.3 is 0 Å². The van der Waals surface area contributed by atoms with Gasteiger partial charge in [0.25, 0.3) is 0 Å². The molecule has 1 aromatic carbocycles. The fourth-order valence-corrected chi connectivity index (χ4v) is 2.36. The number of phenolic OH excluding ortho intramolecular Hbond substituents is 1. The Balaban J connectivity index is 2.95. The minimum Gasteiger partial charge on any atom is -0.508 e. The first-order valence-corrected chi connectivity index (χ1v) is 7.23. The molecule has 0 aliphatic heterocycles. The maximum Gasteiger partial charge on any atom is 0.131 e. The van der Waals surface area contributed by atoms with Crippen molar-refractivity contribution in [1.29, 1.82) is 0 Å². The Morgan fingerprint density at radius 3 is 2.55 bits per heavy atom. The molecule has 0 aromatic heterocycles. The third-order valence-corrected chi connectivity index (χ3v) is 3.68. The molecule has 1 aromatic rings. The van der Waals surface area contributed by atoms with Gasteiger partial charge in [0.2, 0.25) is 0 Å². The number of nitrogens with zero attached hydrogens (tertiary/aromatic N) is 1. The second kappa shape index (κ2) is 7.04. The smallest absolute Gasteiger partial charge is 0.131 e. The fraction of sp³-hybridized carbons (Fsp3) is 0.625. The van der Waals surface area contributed by atoms with Crippen molar-refractivity contribution in [3.63, 3.8) is 0 Å². The molecule has 0 aliphatic carbocycles. The zero-order valence-electron chi connectivity index (χ0n) is 13.0. The summed E-state index contributed by atoms with van der Waals surface area (Å²) in [6, 6.07) is 4.33. The van der Waals surface area contributed by atoms with Crippen molar-refractivity contribution in [2.24, 2.45) is 11.1 Å². The summed E-state index contributed by atoms with van der Waals surface area (Å²) in [5.74, 6) is -0.396. The highest BCUT2D eigenvalue weighted by Gasteiger charge is 2.25. The molecule has 1 rings (SSSR count). The third-order valence-electron chi connectivity index (χ3n) is 3.68. The van der Waals surface area contributed by atoms with Gasteiger partial charge in [-0.25, -0.2) is 4.39 Å². The van der Waals surface area contributed by atoms with Crippen molar-refractivity contribution in [3.05, 3.63) is 29.6 Å². The van der Waals surface area contributed by atoms with Crippen LogP contribution in [-0.4, -0.2) is 29.6 Å². The van der Waals surface area contributed by atoms with Crippen molar-refractivity contribution < 1.29 is 9.50 Å². The quantitative estimate of drug-likeness (QED) is 0.807. The summed E-state index contributed by atoms with van der Waals surface area (Å²) in [7, 11) is 0. The average molecular weight is 282 g/mol. The van der Waals surface area contributed by atoms with Crippen LogP contribution in [0.3, 0.4) is 0 Å². The van der Waals surface area contributed by atoms with E-state index in [0.29, 0.717) is 12.1 Å². The molecule has 1 unspecified atom stereocenters. The van der Waals surface area contributed by atoms with Gasteiger partial charge in [-0.15, -0.1) is 0 Å². The molecule has 114 valence electrons. The van der Waals surface area contributed by atoms with Gasteiger partial charge in [0.15, 0.2) is 0 Å². The van der Waals surface area contributed by atoms with Gasteiger partial charge in [0, 0.05) is 24.2 Å². The van der Waals surface area contributed by atoms with Gasteiger partial charge in [-0.1, -0.05) is 26.8 Å². The summed E-state index contributed by atoms with van der Waals surface area (Å²) >= 11 is 0. The van der Waals surface area contributed by atoms with Gasteiger partial charge in [0.1, 0.15) is 11.6 Å². The molecule has 0 heterocycles. The first-order valence-electron chi connectivity index (χ1n) is 7.23. The minimum atomic E-state index is -0.357. The summed E-state index contributed by atoms with van der Waals surface area (Å²) in [6.07, 6.45) is 1.00. The lowest BCUT2D eigenvalue weighted by molar-refractivity contribution is 0.138. The molecule has 20 heavy (non-hydrogen) atoms. The van der Waals surface area contributed by atoms with E-state index in [1.807, 2.05) is 6.92 Å². The Hall–Kier alpha value is -1.13. The van der Waals surface area contributed by atoms with E-state index in [1.54, 1.807) is 6.07 Å². The summed E-state index contributed by atoms with van der Waals surface area (Å²) in [5, 5.41) is 9.32. The van der Waals surface area contributed by atoms with Crippen LogP contribution < -0.4 is 5.73 Å². The zero-order valence-corrected chi connectivity index (χ0v) is 13.0. The molecular weight excluding hydrogens is 255 g/mol.